The van der Waals surface area contributed by atoms with E-state index < -0.39 is 0 Å². The number of hydrogen-bond acceptors (Lipinski definition) is 4. The van der Waals surface area contributed by atoms with Gasteiger partial charge in [-0.2, -0.15) is 0 Å². The topological polar surface area (TPSA) is 42.7 Å². The fourth-order valence-corrected chi connectivity index (χ4v) is 4.02. The Morgan fingerprint density at radius 2 is 1.88 bits per heavy atom. The Kier molecular flexibility index (Phi) is 4.25. The fraction of sp³-hybridized carbons (Fsp3) is 0.368. The number of benzene rings is 1. The maximum Gasteiger partial charge on any atom is 0.181 e. The van der Waals surface area contributed by atoms with E-state index in [-0.39, 0.29) is 0 Å². The van der Waals surface area contributed by atoms with Crippen molar-refractivity contribution in [3.63, 3.8) is 0 Å². The van der Waals surface area contributed by atoms with Crippen molar-refractivity contribution in [2.45, 2.75) is 25.7 Å². The summed E-state index contributed by atoms with van der Waals surface area (Å²) in [6.07, 6.45) is 4.15. The third-order valence-electron chi connectivity index (χ3n) is 5.08. The lowest BCUT2D eigenvalue weighted by Gasteiger charge is -2.34. The average molecular weight is 357 g/mol. The van der Waals surface area contributed by atoms with E-state index in [1.54, 1.807) is 7.11 Å². The van der Waals surface area contributed by atoms with Crippen LogP contribution >= 0.6 is 11.6 Å². The molecular weight excluding hydrogens is 336 g/mol. The van der Waals surface area contributed by atoms with Gasteiger partial charge in [0.05, 0.1) is 12.8 Å². The van der Waals surface area contributed by atoms with E-state index >= 15 is 0 Å². The third-order valence-corrected chi connectivity index (χ3v) is 5.45. The lowest BCUT2D eigenvalue weighted by molar-refractivity contribution is 0.397. The molecule has 5 nitrogen and oxygen atoms in total. The first-order valence-corrected chi connectivity index (χ1v) is 8.94. The molecule has 1 aliphatic heterocycles. The van der Waals surface area contributed by atoms with Gasteiger partial charge in [0.2, 0.25) is 0 Å². The van der Waals surface area contributed by atoms with Crippen LogP contribution in [0.25, 0.3) is 5.65 Å². The molecule has 0 atom stereocenters. The van der Waals surface area contributed by atoms with Crippen LogP contribution in [-0.2, 0) is 0 Å². The Labute approximate surface area is 152 Å². The molecule has 1 aromatic carbocycles. The second kappa shape index (κ2) is 6.56. The van der Waals surface area contributed by atoms with Gasteiger partial charge in [-0.25, -0.2) is 0 Å². The van der Waals surface area contributed by atoms with Crippen LogP contribution in [0.2, 0.25) is 5.02 Å². The van der Waals surface area contributed by atoms with Gasteiger partial charge in [-0.3, -0.25) is 4.40 Å². The van der Waals surface area contributed by atoms with Crippen LogP contribution in [0.1, 0.15) is 30.1 Å². The molecule has 1 fully saturated rings. The minimum Gasteiger partial charge on any atom is -0.496 e. The number of methoxy groups -OCH3 is 1. The zero-order valence-corrected chi connectivity index (χ0v) is 15.2. The Balaban J connectivity index is 1.55. The van der Waals surface area contributed by atoms with Crippen LogP contribution in [0.3, 0.4) is 0 Å². The summed E-state index contributed by atoms with van der Waals surface area (Å²) in [5.41, 5.74) is 3.07. The van der Waals surface area contributed by atoms with E-state index in [1.165, 1.54) is 5.56 Å². The smallest absolute Gasteiger partial charge is 0.181 e. The summed E-state index contributed by atoms with van der Waals surface area (Å²) < 4.78 is 7.45. The van der Waals surface area contributed by atoms with Crippen LogP contribution in [0.4, 0.5) is 5.69 Å². The molecule has 1 aliphatic rings. The van der Waals surface area contributed by atoms with Crippen molar-refractivity contribution in [1.82, 2.24) is 14.6 Å². The number of pyridine rings is 1. The highest BCUT2D eigenvalue weighted by Gasteiger charge is 2.25. The number of ether oxygens (including phenoxy) is 1. The van der Waals surface area contributed by atoms with Crippen molar-refractivity contribution >= 4 is 22.9 Å². The molecule has 0 bridgehead atoms. The summed E-state index contributed by atoms with van der Waals surface area (Å²) in [6.45, 7) is 3.85. The van der Waals surface area contributed by atoms with Gasteiger partial charge in [0.1, 0.15) is 16.6 Å². The molecule has 0 aliphatic carbocycles. The van der Waals surface area contributed by atoms with Gasteiger partial charge in [0.25, 0.3) is 0 Å². The van der Waals surface area contributed by atoms with Gasteiger partial charge in [0.15, 0.2) is 5.65 Å². The number of para-hydroxylation sites is 1. The van der Waals surface area contributed by atoms with Gasteiger partial charge in [-0.15, -0.1) is 10.2 Å². The third kappa shape index (κ3) is 2.82. The van der Waals surface area contributed by atoms with Gasteiger partial charge >= 0.3 is 0 Å². The molecule has 0 radical (unpaired) electrons. The van der Waals surface area contributed by atoms with E-state index in [2.05, 4.69) is 33.3 Å². The first-order chi connectivity index (χ1) is 12.2. The molecule has 0 saturated carbocycles. The van der Waals surface area contributed by atoms with E-state index in [0.29, 0.717) is 10.9 Å². The van der Waals surface area contributed by atoms with Crippen molar-refractivity contribution in [3.8, 4) is 5.75 Å². The number of anilines is 1. The second-order valence-electron chi connectivity index (χ2n) is 6.46. The SMILES string of the molecule is COc1ccccc1C1CCN(c2ccn3c(C)nnc3c2Cl)CC1. The van der Waals surface area contributed by atoms with Crippen LogP contribution in [0, 0.1) is 6.92 Å². The molecule has 3 heterocycles. The van der Waals surface area contributed by atoms with Gasteiger partial charge in [-0.05, 0) is 43.4 Å². The highest BCUT2D eigenvalue weighted by molar-refractivity contribution is 6.36. The standard InChI is InChI=1S/C19H21ClN4O/c1-13-21-22-19-18(20)16(9-12-24(13)19)23-10-7-14(8-11-23)15-5-3-4-6-17(15)25-2/h3-6,9,12,14H,7-8,10-11H2,1-2H3. The molecular formula is C19H21ClN4O. The summed E-state index contributed by atoms with van der Waals surface area (Å²) >= 11 is 6.60. The zero-order valence-electron chi connectivity index (χ0n) is 14.4. The normalized spacial score (nSPS) is 15.7. The Bertz CT molecular complexity index is 900. The largest absolute Gasteiger partial charge is 0.496 e. The summed E-state index contributed by atoms with van der Waals surface area (Å²) in [5.74, 6) is 2.35. The molecule has 130 valence electrons. The van der Waals surface area contributed by atoms with Crippen molar-refractivity contribution < 1.29 is 4.74 Å². The van der Waals surface area contributed by atoms with Crippen LogP contribution in [0.5, 0.6) is 5.75 Å². The molecule has 3 aromatic rings. The molecule has 2 aromatic heterocycles. The first-order valence-electron chi connectivity index (χ1n) is 8.56. The summed E-state index contributed by atoms with van der Waals surface area (Å²) in [6, 6.07) is 10.4. The molecule has 0 N–H and O–H groups in total. The number of aromatic nitrogens is 3. The Hall–Kier alpha value is -2.27. The van der Waals surface area contributed by atoms with E-state index in [0.717, 1.165) is 48.8 Å². The number of hydrogen-bond donors (Lipinski definition) is 0. The summed E-state index contributed by atoms with van der Waals surface area (Å²) in [4.78, 5) is 2.35. The zero-order chi connectivity index (χ0) is 17.4. The first kappa shape index (κ1) is 16.2. The minimum atomic E-state index is 0.519. The summed E-state index contributed by atoms with van der Waals surface area (Å²) in [7, 11) is 1.74. The molecule has 6 heteroatoms. The monoisotopic (exact) mass is 356 g/mol. The Morgan fingerprint density at radius 3 is 2.64 bits per heavy atom. The van der Waals surface area contributed by atoms with Crippen LogP contribution in [0.15, 0.2) is 36.5 Å². The van der Waals surface area contributed by atoms with Gasteiger partial charge in [-0.1, -0.05) is 29.8 Å². The second-order valence-corrected chi connectivity index (χ2v) is 6.84. The van der Waals surface area contributed by atoms with Gasteiger partial charge in [0, 0.05) is 19.3 Å². The average Bonchev–Trinajstić information content (AvgIpc) is 3.04. The highest BCUT2D eigenvalue weighted by atomic mass is 35.5. The van der Waals surface area contributed by atoms with E-state index in [4.69, 9.17) is 16.3 Å². The maximum absolute atomic E-state index is 6.60. The van der Waals surface area contributed by atoms with Crippen molar-refractivity contribution in [2.24, 2.45) is 0 Å². The Morgan fingerprint density at radius 1 is 1.12 bits per heavy atom. The lowest BCUT2D eigenvalue weighted by Crippen LogP contribution is -2.33. The number of nitrogens with zero attached hydrogens (tertiary/aromatic N) is 4. The maximum atomic E-state index is 6.60. The highest BCUT2D eigenvalue weighted by Crippen LogP contribution is 2.37. The van der Waals surface area contributed by atoms with Crippen LogP contribution < -0.4 is 9.64 Å². The fourth-order valence-electron chi connectivity index (χ4n) is 3.71. The quantitative estimate of drug-likeness (QED) is 0.709. The van der Waals surface area contributed by atoms with Gasteiger partial charge < -0.3 is 9.64 Å². The predicted molar refractivity (Wildman–Crippen MR) is 99.9 cm³/mol. The molecule has 0 unspecified atom stereocenters. The van der Waals surface area contributed by atoms with Crippen molar-refractivity contribution in [1.29, 1.82) is 0 Å². The number of fused-ring (bicyclic) bond motifs is 1. The lowest BCUT2D eigenvalue weighted by atomic mass is 9.88. The molecule has 1 saturated heterocycles. The van der Waals surface area contributed by atoms with Crippen LogP contribution in [-0.4, -0.2) is 34.8 Å². The molecule has 0 spiro atoms. The molecule has 0 amide bonds. The minimum absolute atomic E-state index is 0.519. The van der Waals surface area contributed by atoms with Crippen molar-refractivity contribution in [3.05, 3.63) is 52.9 Å². The van der Waals surface area contributed by atoms with E-state index in [1.807, 2.05) is 29.7 Å². The molecule has 4 rings (SSSR count). The predicted octanol–water partition coefficient (Wildman–Crippen LogP) is 4.08. The number of rotatable bonds is 3. The summed E-state index contributed by atoms with van der Waals surface area (Å²) in [5, 5.41) is 8.99. The van der Waals surface area contributed by atoms with E-state index in [9.17, 15) is 0 Å². The number of piperidine rings is 1. The number of halogens is 1. The number of aryl methyl sites for hydroxylation is 1. The van der Waals surface area contributed by atoms with Crippen molar-refractivity contribution in [2.75, 3.05) is 25.1 Å². The molecule has 25 heavy (non-hydrogen) atoms.